The molecular weight excluding hydrogens is 250 g/mol. The van der Waals surface area contributed by atoms with Crippen molar-refractivity contribution in [2.75, 3.05) is 0 Å². The fourth-order valence-corrected chi connectivity index (χ4v) is 10.6. The molecule has 1 radical (unpaired) electrons. The van der Waals surface area contributed by atoms with E-state index in [0.717, 1.165) is 11.8 Å². The van der Waals surface area contributed by atoms with Gasteiger partial charge < -0.3 is 0 Å². The zero-order valence-electron chi connectivity index (χ0n) is 7.45. The summed E-state index contributed by atoms with van der Waals surface area (Å²) in [5.74, 6) is 1.65. The van der Waals surface area contributed by atoms with Crippen LogP contribution in [0.15, 0.2) is 0 Å². The molecule has 0 heterocycles. The zero-order valence-corrected chi connectivity index (χ0v) is 11.1. The van der Waals surface area contributed by atoms with Gasteiger partial charge in [-0.3, -0.25) is 0 Å². The molecule has 0 saturated heterocycles. The van der Waals surface area contributed by atoms with Crippen LogP contribution in [0.5, 0.6) is 0 Å². The summed E-state index contributed by atoms with van der Waals surface area (Å²) in [6, 6.07) is 0. The van der Waals surface area contributed by atoms with Crippen LogP contribution in [0.4, 0.5) is 0 Å². The van der Waals surface area contributed by atoms with E-state index in [2.05, 4.69) is 27.7 Å². The minimum absolute atomic E-state index is 0.825. The van der Waals surface area contributed by atoms with E-state index in [0.29, 0.717) is 0 Å². The number of hydrogen-bond acceptors (Lipinski definition) is 0. The summed E-state index contributed by atoms with van der Waals surface area (Å²) >= 11 is -1.36. The Hall–Kier alpha value is 1.09. The van der Waals surface area contributed by atoms with Crippen LogP contribution in [0, 0.1) is 11.8 Å². The first-order valence-electron chi connectivity index (χ1n) is 4.02. The number of hydrogen-bond donors (Lipinski definition) is 0. The third kappa shape index (κ3) is 7.20. The summed E-state index contributed by atoms with van der Waals surface area (Å²) in [5, 5.41) is 0. The SMILES string of the molecule is CC(C)[CH2][Sn]([Cl])[CH2]C(C)C. The molecule has 0 rings (SSSR count). The molecule has 0 aromatic rings. The molecule has 0 bridgehead atoms. The fourth-order valence-electron chi connectivity index (χ4n) is 0.969. The van der Waals surface area contributed by atoms with Gasteiger partial charge in [-0.25, -0.2) is 0 Å². The molecule has 10 heavy (non-hydrogen) atoms. The average molecular weight is 268 g/mol. The second kappa shape index (κ2) is 5.70. The topological polar surface area (TPSA) is 0 Å². The van der Waals surface area contributed by atoms with Gasteiger partial charge in [0, 0.05) is 0 Å². The Bertz CT molecular complexity index is 71.3. The quantitative estimate of drug-likeness (QED) is 0.684. The minimum atomic E-state index is -1.36. The monoisotopic (exact) mass is 269 g/mol. The summed E-state index contributed by atoms with van der Waals surface area (Å²) in [5.41, 5.74) is 0. The van der Waals surface area contributed by atoms with E-state index in [1.807, 2.05) is 0 Å². The summed E-state index contributed by atoms with van der Waals surface area (Å²) in [7, 11) is 6.27. The molecule has 0 aliphatic heterocycles. The van der Waals surface area contributed by atoms with Crippen LogP contribution in [-0.4, -0.2) is 18.6 Å². The standard InChI is InChI=1S/2C4H9.ClH.Sn/c2*1-4(2)3;;/h2*4H,1H2,2-3H3;1H;/q;;;+1/p-1. The van der Waals surface area contributed by atoms with Gasteiger partial charge in [-0.1, -0.05) is 0 Å². The first kappa shape index (κ1) is 11.1. The summed E-state index contributed by atoms with van der Waals surface area (Å²) in [6.07, 6.45) is 0. The maximum absolute atomic E-state index is 6.27. The Morgan fingerprint density at radius 3 is 1.50 bits per heavy atom. The van der Waals surface area contributed by atoms with Gasteiger partial charge >= 0.3 is 76.0 Å². The van der Waals surface area contributed by atoms with Gasteiger partial charge in [0.15, 0.2) is 0 Å². The average Bonchev–Trinajstić information content (AvgIpc) is 1.58. The van der Waals surface area contributed by atoms with E-state index in [9.17, 15) is 0 Å². The van der Waals surface area contributed by atoms with Crippen molar-refractivity contribution < 1.29 is 0 Å². The maximum atomic E-state index is 6.27. The molecule has 0 saturated carbocycles. The van der Waals surface area contributed by atoms with Gasteiger partial charge in [-0.2, -0.15) is 0 Å². The predicted molar refractivity (Wildman–Crippen MR) is 50.9 cm³/mol. The molecule has 0 aromatic carbocycles. The van der Waals surface area contributed by atoms with E-state index in [1.54, 1.807) is 0 Å². The summed E-state index contributed by atoms with van der Waals surface area (Å²) in [6.45, 7) is 9.07. The van der Waals surface area contributed by atoms with Crippen molar-refractivity contribution in [3.05, 3.63) is 0 Å². The van der Waals surface area contributed by atoms with Gasteiger partial charge in [0.05, 0.1) is 0 Å². The van der Waals surface area contributed by atoms with E-state index in [1.165, 1.54) is 8.87 Å². The molecule has 0 aliphatic carbocycles. The van der Waals surface area contributed by atoms with Crippen molar-refractivity contribution in [3.63, 3.8) is 0 Å². The Labute approximate surface area is 75.8 Å². The Morgan fingerprint density at radius 1 is 1.00 bits per heavy atom. The third-order valence-electron chi connectivity index (χ3n) is 1.26. The van der Waals surface area contributed by atoms with Gasteiger partial charge in [0.2, 0.25) is 0 Å². The predicted octanol–water partition coefficient (Wildman–Crippen LogP) is 3.53. The molecule has 0 nitrogen and oxygen atoms in total. The van der Waals surface area contributed by atoms with Crippen LogP contribution in [0.1, 0.15) is 27.7 Å². The van der Waals surface area contributed by atoms with Crippen molar-refractivity contribution in [1.29, 1.82) is 0 Å². The van der Waals surface area contributed by atoms with Crippen LogP contribution in [0.3, 0.4) is 0 Å². The van der Waals surface area contributed by atoms with Crippen molar-refractivity contribution in [1.82, 2.24) is 0 Å². The fraction of sp³-hybridized carbons (Fsp3) is 1.00. The van der Waals surface area contributed by atoms with Crippen molar-refractivity contribution in [2.45, 2.75) is 36.6 Å². The van der Waals surface area contributed by atoms with E-state index >= 15 is 0 Å². The normalized spacial score (nSPS) is 12.0. The van der Waals surface area contributed by atoms with Crippen LogP contribution < -0.4 is 0 Å². The van der Waals surface area contributed by atoms with Crippen LogP contribution >= 0.6 is 8.92 Å². The molecule has 0 N–H and O–H groups in total. The molecular formula is C8H18ClSn. The summed E-state index contributed by atoms with van der Waals surface area (Å²) < 4.78 is 2.70. The first-order valence-corrected chi connectivity index (χ1v) is 11.7. The molecule has 0 aliphatic rings. The van der Waals surface area contributed by atoms with Crippen LogP contribution in [0.2, 0.25) is 8.87 Å². The molecule has 0 fully saturated rings. The third-order valence-corrected chi connectivity index (χ3v) is 10.5. The molecule has 0 spiro atoms. The summed E-state index contributed by atoms with van der Waals surface area (Å²) in [4.78, 5) is 0. The van der Waals surface area contributed by atoms with Crippen molar-refractivity contribution in [2.24, 2.45) is 11.8 Å². The second-order valence-corrected chi connectivity index (χ2v) is 12.6. The van der Waals surface area contributed by atoms with E-state index in [-0.39, 0.29) is 0 Å². The second-order valence-electron chi connectivity index (χ2n) is 3.71. The Balaban J connectivity index is 3.34. The van der Waals surface area contributed by atoms with Crippen molar-refractivity contribution >= 4 is 27.6 Å². The zero-order chi connectivity index (χ0) is 8.15. The van der Waals surface area contributed by atoms with E-state index in [4.69, 9.17) is 8.92 Å². The van der Waals surface area contributed by atoms with Crippen molar-refractivity contribution in [3.8, 4) is 0 Å². The van der Waals surface area contributed by atoms with E-state index < -0.39 is 18.6 Å². The number of halogens is 1. The molecule has 0 atom stereocenters. The number of rotatable bonds is 4. The molecule has 0 amide bonds. The van der Waals surface area contributed by atoms with Crippen LogP contribution in [-0.2, 0) is 0 Å². The molecule has 2 heteroatoms. The molecule has 0 unspecified atom stereocenters. The van der Waals surface area contributed by atoms with Gasteiger partial charge in [-0.05, 0) is 0 Å². The van der Waals surface area contributed by atoms with Gasteiger partial charge in [-0.15, -0.1) is 0 Å². The van der Waals surface area contributed by atoms with Gasteiger partial charge in [0.1, 0.15) is 0 Å². The van der Waals surface area contributed by atoms with Gasteiger partial charge in [0.25, 0.3) is 0 Å². The first-order chi connectivity index (χ1) is 4.52. The molecule has 61 valence electrons. The molecule has 0 aromatic heterocycles. The van der Waals surface area contributed by atoms with Crippen LogP contribution in [0.25, 0.3) is 0 Å². The Kier molecular flexibility index (Phi) is 6.32. The Morgan fingerprint density at radius 2 is 1.30 bits per heavy atom.